The van der Waals surface area contributed by atoms with E-state index in [-0.39, 0.29) is 6.03 Å². The highest BCUT2D eigenvalue weighted by Crippen LogP contribution is 2.31. The Kier molecular flexibility index (Phi) is 4.12. The van der Waals surface area contributed by atoms with Gasteiger partial charge in [-0.3, -0.25) is 0 Å². The van der Waals surface area contributed by atoms with Gasteiger partial charge in [0.15, 0.2) is 0 Å². The zero-order chi connectivity index (χ0) is 13.0. The molecule has 18 heavy (non-hydrogen) atoms. The van der Waals surface area contributed by atoms with Crippen LogP contribution >= 0.6 is 0 Å². The number of hydrogen-bond acceptors (Lipinski definition) is 2. The molecule has 0 spiro atoms. The van der Waals surface area contributed by atoms with Crippen molar-refractivity contribution in [2.75, 3.05) is 19.6 Å². The molecule has 5 nitrogen and oxygen atoms in total. The molecule has 1 saturated carbocycles. The summed E-state index contributed by atoms with van der Waals surface area (Å²) in [4.78, 5) is 21.5. The van der Waals surface area contributed by atoms with E-state index in [0.29, 0.717) is 5.92 Å². The minimum atomic E-state index is 0.0396. The molecule has 0 aromatic rings. The standard InChI is InChI=1S/C13H20N4O/c1-10(5-7-17-8-6-15-13(17)18)9-16-12(14-2)11-3-4-11/h9,11H,2-8H2,1H3,(H,15,18)/b10-9+,16-12-. The molecule has 2 rings (SSSR count). The lowest BCUT2D eigenvalue weighted by Crippen LogP contribution is -2.29. The smallest absolute Gasteiger partial charge is 0.317 e. The highest BCUT2D eigenvalue weighted by molar-refractivity contribution is 5.90. The topological polar surface area (TPSA) is 57.1 Å². The number of nitrogens with one attached hydrogen (secondary N) is 1. The van der Waals surface area contributed by atoms with Crippen LogP contribution in [-0.4, -0.2) is 43.1 Å². The third-order valence-electron chi connectivity index (χ3n) is 3.24. The quantitative estimate of drug-likeness (QED) is 0.585. The first-order chi connectivity index (χ1) is 8.70. The highest BCUT2D eigenvalue weighted by Gasteiger charge is 2.26. The van der Waals surface area contributed by atoms with Gasteiger partial charge in [0, 0.05) is 31.8 Å². The molecule has 0 aromatic heterocycles. The van der Waals surface area contributed by atoms with Crippen molar-refractivity contribution >= 4 is 18.6 Å². The number of aliphatic imine (C=N–C) groups is 2. The molecule has 1 aliphatic carbocycles. The van der Waals surface area contributed by atoms with Crippen LogP contribution in [0.15, 0.2) is 21.8 Å². The summed E-state index contributed by atoms with van der Waals surface area (Å²) in [7, 11) is 0. The van der Waals surface area contributed by atoms with Crippen LogP contribution in [0.4, 0.5) is 4.79 Å². The monoisotopic (exact) mass is 248 g/mol. The molecule has 2 aliphatic rings. The summed E-state index contributed by atoms with van der Waals surface area (Å²) in [5.74, 6) is 1.38. The summed E-state index contributed by atoms with van der Waals surface area (Å²) in [6.45, 7) is 7.89. The van der Waals surface area contributed by atoms with Crippen molar-refractivity contribution in [3.05, 3.63) is 11.8 Å². The molecular formula is C13H20N4O. The van der Waals surface area contributed by atoms with Crippen molar-refractivity contribution in [3.63, 3.8) is 0 Å². The maximum absolute atomic E-state index is 11.3. The average molecular weight is 248 g/mol. The first-order valence-corrected chi connectivity index (χ1v) is 6.43. The zero-order valence-corrected chi connectivity index (χ0v) is 10.9. The van der Waals surface area contributed by atoms with Crippen LogP contribution in [0.25, 0.3) is 0 Å². The first-order valence-electron chi connectivity index (χ1n) is 6.43. The summed E-state index contributed by atoms with van der Waals surface area (Å²) in [6, 6.07) is 0.0396. The Labute approximate surface area is 108 Å². The average Bonchev–Trinajstić information content (AvgIpc) is 3.11. The van der Waals surface area contributed by atoms with Crippen molar-refractivity contribution < 1.29 is 4.79 Å². The van der Waals surface area contributed by atoms with Gasteiger partial charge in [-0.15, -0.1) is 0 Å². The molecule has 0 bridgehead atoms. The molecule has 1 N–H and O–H groups in total. The van der Waals surface area contributed by atoms with Gasteiger partial charge in [0.25, 0.3) is 0 Å². The molecule has 98 valence electrons. The van der Waals surface area contributed by atoms with Crippen molar-refractivity contribution in [1.82, 2.24) is 10.2 Å². The summed E-state index contributed by atoms with van der Waals surface area (Å²) in [5.41, 5.74) is 1.16. The van der Waals surface area contributed by atoms with Gasteiger partial charge >= 0.3 is 6.03 Å². The molecule has 0 aromatic carbocycles. The fourth-order valence-electron chi connectivity index (χ4n) is 1.89. The third-order valence-corrected chi connectivity index (χ3v) is 3.24. The van der Waals surface area contributed by atoms with Crippen LogP contribution in [0.3, 0.4) is 0 Å². The second kappa shape index (κ2) is 5.80. The molecule has 2 amide bonds. The van der Waals surface area contributed by atoms with Crippen LogP contribution in [0.5, 0.6) is 0 Å². The fourth-order valence-corrected chi connectivity index (χ4v) is 1.89. The second-order valence-corrected chi connectivity index (χ2v) is 4.86. The van der Waals surface area contributed by atoms with Gasteiger partial charge in [0.1, 0.15) is 5.84 Å². The van der Waals surface area contributed by atoms with Crippen LogP contribution in [0.2, 0.25) is 0 Å². The predicted octanol–water partition coefficient (Wildman–Crippen LogP) is 1.81. The van der Waals surface area contributed by atoms with Gasteiger partial charge in [0.05, 0.1) is 0 Å². The molecule has 2 fully saturated rings. The second-order valence-electron chi connectivity index (χ2n) is 4.86. The molecular weight excluding hydrogens is 228 g/mol. The fraction of sp³-hybridized carbons (Fsp3) is 0.615. The first kappa shape index (κ1) is 12.8. The molecule has 0 radical (unpaired) electrons. The Morgan fingerprint density at radius 1 is 1.61 bits per heavy atom. The van der Waals surface area contributed by atoms with Gasteiger partial charge in [-0.1, -0.05) is 5.57 Å². The Morgan fingerprint density at radius 3 is 2.94 bits per heavy atom. The SMILES string of the molecule is C=N/C(=N\C=C(/C)CCN1CCNC1=O)C1CC1. The van der Waals surface area contributed by atoms with Gasteiger partial charge in [0.2, 0.25) is 0 Å². The van der Waals surface area contributed by atoms with Crippen LogP contribution in [0.1, 0.15) is 26.2 Å². The maximum Gasteiger partial charge on any atom is 0.317 e. The van der Waals surface area contributed by atoms with E-state index in [2.05, 4.69) is 22.0 Å². The molecule has 1 saturated heterocycles. The zero-order valence-electron chi connectivity index (χ0n) is 10.9. The molecule has 1 aliphatic heterocycles. The van der Waals surface area contributed by atoms with Crippen LogP contribution in [-0.2, 0) is 0 Å². The highest BCUT2D eigenvalue weighted by atomic mass is 16.2. The van der Waals surface area contributed by atoms with E-state index < -0.39 is 0 Å². The minimum Gasteiger partial charge on any atom is -0.336 e. The summed E-state index contributed by atoms with van der Waals surface area (Å²) in [5, 5.41) is 2.79. The lowest BCUT2D eigenvalue weighted by molar-refractivity contribution is 0.218. The number of carbonyl (C=O) groups is 1. The predicted molar refractivity (Wildman–Crippen MR) is 73.1 cm³/mol. The summed E-state index contributed by atoms with van der Waals surface area (Å²) < 4.78 is 0. The van der Waals surface area contributed by atoms with Crippen molar-refractivity contribution in [2.24, 2.45) is 15.9 Å². The van der Waals surface area contributed by atoms with E-state index in [1.807, 2.05) is 18.0 Å². The van der Waals surface area contributed by atoms with Gasteiger partial charge in [-0.25, -0.2) is 14.8 Å². The van der Waals surface area contributed by atoms with Crippen molar-refractivity contribution in [2.45, 2.75) is 26.2 Å². The van der Waals surface area contributed by atoms with Gasteiger partial charge in [-0.2, -0.15) is 0 Å². The van der Waals surface area contributed by atoms with Crippen molar-refractivity contribution in [1.29, 1.82) is 0 Å². The van der Waals surface area contributed by atoms with E-state index in [9.17, 15) is 4.79 Å². The summed E-state index contributed by atoms with van der Waals surface area (Å²) >= 11 is 0. The minimum absolute atomic E-state index is 0.0396. The Bertz CT molecular complexity index is 396. The van der Waals surface area contributed by atoms with E-state index in [0.717, 1.165) is 37.5 Å². The number of urea groups is 1. The number of amidine groups is 1. The number of rotatable bonds is 5. The van der Waals surface area contributed by atoms with Gasteiger partial charge < -0.3 is 10.2 Å². The van der Waals surface area contributed by atoms with E-state index in [1.165, 1.54) is 12.8 Å². The van der Waals surface area contributed by atoms with E-state index in [1.54, 1.807) is 0 Å². The van der Waals surface area contributed by atoms with E-state index in [4.69, 9.17) is 0 Å². The third kappa shape index (κ3) is 3.42. The van der Waals surface area contributed by atoms with Crippen molar-refractivity contribution in [3.8, 4) is 0 Å². The van der Waals surface area contributed by atoms with Gasteiger partial charge in [-0.05, 0) is 32.9 Å². The lowest BCUT2D eigenvalue weighted by Gasteiger charge is -2.13. The summed E-state index contributed by atoms with van der Waals surface area (Å²) in [6.07, 6.45) is 5.07. The number of hydrogen-bond donors (Lipinski definition) is 1. The van der Waals surface area contributed by atoms with E-state index >= 15 is 0 Å². The molecule has 1 heterocycles. The molecule has 0 atom stereocenters. The lowest BCUT2D eigenvalue weighted by atomic mass is 10.2. The molecule has 0 unspecified atom stereocenters. The van der Waals surface area contributed by atoms with Crippen LogP contribution in [0, 0.1) is 5.92 Å². The molecule has 5 heteroatoms. The Balaban J connectivity index is 1.81. The van der Waals surface area contributed by atoms with Crippen LogP contribution < -0.4 is 5.32 Å². The Morgan fingerprint density at radius 2 is 2.39 bits per heavy atom. The number of amides is 2. The maximum atomic E-state index is 11.3. The normalized spacial score (nSPS) is 21.2. The number of nitrogens with zero attached hydrogens (tertiary/aromatic N) is 3. The largest absolute Gasteiger partial charge is 0.336 e. The number of carbonyl (C=O) groups excluding carboxylic acids is 1. The Hall–Kier alpha value is -1.65.